The molecule has 0 aromatic carbocycles. The van der Waals surface area contributed by atoms with Gasteiger partial charge in [-0.2, -0.15) is 0 Å². The van der Waals surface area contributed by atoms with E-state index in [1.54, 1.807) is 12.1 Å². The monoisotopic (exact) mass is 164 g/mol. The molecular weight excluding hydrogens is 152 g/mol. The third-order valence-electron chi connectivity index (χ3n) is 1.53. The lowest BCUT2D eigenvalue weighted by atomic mass is 10.2. The van der Waals surface area contributed by atoms with Gasteiger partial charge in [0.2, 0.25) is 0 Å². The van der Waals surface area contributed by atoms with Crippen LogP contribution in [0, 0.1) is 0 Å². The van der Waals surface area contributed by atoms with Crippen molar-refractivity contribution >= 4 is 5.78 Å². The first-order valence-corrected chi connectivity index (χ1v) is 4.07. The first-order valence-electron chi connectivity index (χ1n) is 4.07. The summed E-state index contributed by atoms with van der Waals surface area (Å²) in [6, 6.07) is 1.67. The molecule has 0 atom stereocenters. The van der Waals surface area contributed by atoms with E-state index in [9.17, 15) is 4.79 Å². The van der Waals surface area contributed by atoms with Crippen molar-refractivity contribution in [3.8, 4) is 0 Å². The van der Waals surface area contributed by atoms with Crippen LogP contribution in [0.5, 0.6) is 0 Å². The Balaban J connectivity index is 2.50. The normalized spacial score (nSPS) is 10.8. The van der Waals surface area contributed by atoms with Crippen molar-refractivity contribution in [1.82, 2.24) is 0 Å². The van der Waals surface area contributed by atoms with Crippen LogP contribution >= 0.6 is 0 Å². The molecule has 0 bridgehead atoms. The average Bonchev–Trinajstić information content (AvgIpc) is 2.56. The summed E-state index contributed by atoms with van der Waals surface area (Å²) in [5.74, 6) is 0.0113. The van der Waals surface area contributed by atoms with Gasteiger partial charge >= 0.3 is 0 Å². The van der Waals surface area contributed by atoms with Gasteiger partial charge in [-0.15, -0.1) is 0 Å². The minimum Gasteiger partial charge on any atom is -0.472 e. The molecule has 0 aliphatic heterocycles. The van der Waals surface area contributed by atoms with Crippen molar-refractivity contribution in [3.05, 3.63) is 36.3 Å². The number of allylic oxidation sites excluding steroid dienone is 2. The summed E-state index contributed by atoms with van der Waals surface area (Å²) in [4.78, 5) is 11.2. The average molecular weight is 164 g/mol. The van der Waals surface area contributed by atoms with Gasteiger partial charge in [-0.25, -0.2) is 0 Å². The van der Waals surface area contributed by atoms with E-state index in [-0.39, 0.29) is 5.78 Å². The summed E-state index contributed by atoms with van der Waals surface area (Å²) < 4.78 is 4.79. The molecule has 2 heteroatoms. The van der Waals surface area contributed by atoms with E-state index >= 15 is 0 Å². The van der Waals surface area contributed by atoms with E-state index in [1.807, 2.05) is 6.08 Å². The molecule has 1 heterocycles. The van der Waals surface area contributed by atoms with Crippen LogP contribution in [0.25, 0.3) is 0 Å². The van der Waals surface area contributed by atoms with Gasteiger partial charge in [0.25, 0.3) is 0 Å². The fraction of sp³-hybridized carbons (Fsp3) is 0.300. The SMILES string of the molecule is CCC/C=C\C(=O)c1ccoc1. The Labute approximate surface area is 71.9 Å². The second-order valence-electron chi connectivity index (χ2n) is 2.57. The van der Waals surface area contributed by atoms with Crippen molar-refractivity contribution < 1.29 is 9.21 Å². The van der Waals surface area contributed by atoms with Gasteiger partial charge < -0.3 is 4.42 Å². The molecule has 0 aliphatic carbocycles. The predicted octanol–water partition coefficient (Wildman–Crippen LogP) is 2.82. The van der Waals surface area contributed by atoms with Crippen molar-refractivity contribution in [2.75, 3.05) is 0 Å². The van der Waals surface area contributed by atoms with Gasteiger partial charge in [0.05, 0.1) is 11.8 Å². The van der Waals surface area contributed by atoms with Crippen LogP contribution in [0.1, 0.15) is 30.1 Å². The molecule has 0 unspecified atom stereocenters. The van der Waals surface area contributed by atoms with Gasteiger partial charge in [-0.1, -0.05) is 19.4 Å². The zero-order valence-corrected chi connectivity index (χ0v) is 7.12. The lowest BCUT2D eigenvalue weighted by molar-refractivity contribution is 0.104. The highest BCUT2D eigenvalue weighted by Crippen LogP contribution is 2.02. The fourth-order valence-corrected chi connectivity index (χ4v) is 0.858. The number of hydrogen-bond acceptors (Lipinski definition) is 2. The van der Waals surface area contributed by atoms with E-state index in [0.717, 1.165) is 12.8 Å². The highest BCUT2D eigenvalue weighted by atomic mass is 16.3. The van der Waals surface area contributed by atoms with E-state index in [0.29, 0.717) is 5.56 Å². The molecule has 1 rings (SSSR count). The van der Waals surface area contributed by atoms with Crippen molar-refractivity contribution in [3.63, 3.8) is 0 Å². The Bertz CT molecular complexity index is 257. The van der Waals surface area contributed by atoms with E-state index < -0.39 is 0 Å². The zero-order chi connectivity index (χ0) is 8.81. The van der Waals surface area contributed by atoms with Crippen molar-refractivity contribution in [2.45, 2.75) is 19.8 Å². The molecule has 0 aliphatic rings. The fourth-order valence-electron chi connectivity index (χ4n) is 0.858. The van der Waals surface area contributed by atoms with Gasteiger partial charge in [0.1, 0.15) is 6.26 Å². The molecule has 0 saturated heterocycles. The zero-order valence-electron chi connectivity index (χ0n) is 7.12. The number of ketones is 1. The van der Waals surface area contributed by atoms with Crippen LogP contribution in [0.4, 0.5) is 0 Å². The Hall–Kier alpha value is -1.31. The quantitative estimate of drug-likeness (QED) is 0.506. The van der Waals surface area contributed by atoms with Crippen LogP contribution in [-0.2, 0) is 0 Å². The molecule has 1 aromatic rings. The number of rotatable bonds is 4. The second kappa shape index (κ2) is 4.54. The van der Waals surface area contributed by atoms with E-state index in [2.05, 4.69) is 6.92 Å². The maximum Gasteiger partial charge on any atom is 0.188 e. The maximum absolute atomic E-state index is 11.2. The first kappa shape index (κ1) is 8.78. The summed E-state index contributed by atoms with van der Waals surface area (Å²) >= 11 is 0. The third-order valence-corrected chi connectivity index (χ3v) is 1.53. The minimum atomic E-state index is 0.0113. The molecule has 0 spiro atoms. The van der Waals surface area contributed by atoms with Crippen LogP contribution < -0.4 is 0 Å². The standard InChI is InChI=1S/C10H12O2/c1-2-3-4-5-10(11)9-6-7-12-8-9/h4-8H,2-3H2,1H3/b5-4-. The smallest absolute Gasteiger partial charge is 0.188 e. The number of hydrogen-bond donors (Lipinski definition) is 0. The second-order valence-corrected chi connectivity index (χ2v) is 2.57. The van der Waals surface area contributed by atoms with Gasteiger partial charge in [-0.3, -0.25) is 4.79 Å². The number of carbonyl (C=O) groups is 1. The molecule has 0 amide bonds. The molecular formula is C10H12O2. The van der Waals surface area contributed by atoms with Crippen molar-refractivity contribution in [1.29, 1.82) is 0 Å². The van der Waals surface area contributed by atoms with Gasteiger partial charge in [-0.05, 0) is 18.6 Å². The van der Waals surface area contributed by atoms with Crippen LogP contribution in [0.2, 0.25) is 0 Å². The largest absolute Gasteiger partial charge is 0.472 e. The highest BCUT2D eigenvalue weighted by molar-refractivity contribution is 6.04. The predicted molar refractivity (Wildman–Crippen MR) is 47.1 cm³/mol. The Morgan fingerprint density at radius 3 is 3.08 bits per heavy atom. The first-order chi connectivity index (χ1) is 5.84. The number of carbonyl (C=O) groups excluding carboxylic acids is 1. The summed E-state index contributed by atoms with van der Waals surface area (Å²) in [5.41, 5.74) is 0.613. The molecule has 64 valence electrons. The summed E-state index contributed by atoms with van der Waals surface area (Å²) in [7, 11) is 0. The molecule has 0 N–H and O–H groups in total. The summed E-state index contributed by atoms with van der Waals surface area (Å²) in [6.07, 6.45) is 8.45. The highest BCUT2D eigenvalue weighted by Gasteiger charge is 2.00. The maximum atomic E-state index is 11.2. The van der Waals surface area contributed by atoms with E-state index in [1.165, 1.54) is 12.5 Å². The molecule has 1 aromatic heterocycles. The summed E-state index contributed by atoms with van der Waals surface area (Å²) in [5, 5.41) is 0. The third kappa shape index (κ3) is 2.38. The lowest BCUT2D eigenvalue weighted by Crippen LogP contribution is -1.89. The Morgan fingerprint density at radius 1 is 1.67 bits per heavy atom. The molecule has 0 saturated carbocycles. The molecule has 0 radical (unpaired) electrons. The lowest BCUT2D eigenvalue weighted by Gasteiger charge is -1.86. The number of furan rings is 1. The van der Waals surface area contributed by atoms with Gasteiger partial charge in [0.15, 0.2) is 5.78 Å². The topological polar surface area (TPSA) is 30.2 Å². The van der Waals surface area contributed by atoms with Crippen LogP contribution in [0.15, 0.2) is 35.2 Å². The van der Waals surface area contributed by atoms with Crippen LogP contribution in [-0.4, -0.2) is 5.78 Å². The van der Waals surface area contributed by atoms with Crippen molar-refractivity contribution in [2.24, 2.45) is 0 Å². The Kier molecular flexibility index (Phi) is 3.33. The molecule has 0 fully saturated rings. The summed E-state index contributed by atoms with van der Waals surface area (Å²) in [6.45, 7) is 2.08. The van der Waals surface area contributed by atoms with E-state index in [4.69, 9.17) is 4.42 Å². The Morgan fingerprint density at radius 2 is 2.50 bits per heavy atom. The minimum absolute atomic E-state index is 0.0113. The van der Waals surface area contributed by atoms with Crippen LogP contribution in [0.3, 0.4) is 0 Å². The molecule has 12 heavy (non-hydrogen) atoms. The van der Waals surface area contributed by atoms with Gasteiger partial charge in [0, 0.05) is 0 Å². The number of unbranched alkanes of at least 4 members (excludes halogenated alkanes) is 1. The molecule has 2 nitrogen and oxygen atoms in total.